The molecule has 1 heterocycles. The van der Waals surface area contributed by atoms with Crippen LogP contribution in [0.15, 0.2) is 66.7 Å². The van der Waals surface area contributed by atoms with E-state index in [4.69, 9.17) is 21.3 Å². The number of rotatable bonds is 6. The molecule has 1 aliphatic rings. The van der Waals surface area contributed by atoms with Crippen molar-refractivity contribution in [1.82, 2.24) is 4.98 Å². The molecule has 0 bridgehead atoms. The summed E-state index contributed by atoms with van der Waals surface area (Å²) in [5, 5.41) is 1.86. The van der Waals surface area contributed by atoms with Gasteiger partial charge in [-0.25, -0.2) is 4.98 Å². The number of hydrogen-bond acceptors (Lipinski definition) is 2. The van der Waals surface area contributed by atoms with Crippen molar-refractivity contribution in [3.63, 3.8) is 0 Å². The maximum absolute atomic E-state index is 9.75. The summed E-state index contributed by atoms with van der Waals surface area (Å²) in [5.74, 6) is 0.905. The first-order valence-electron chi connectivity index (χ1n) is 12.0. The maximum atomic E-state index is 9.75. The molecule has 0 atom stereocenters. The van der Waals surface area contributed by atoms with E-state index in [2.05, 4.69) is 69.7 Å². The van der Waals surface area contributed by atoms with Crippen LogP contribution in [-0.4, -0.2) is 51.0 Å². The molecule has 0 radical (unpaired) electrons. The van der Waals surface area contributed by atoms with Gasteiger partial charge in [-0.1, -0.05) is 35.9 Å². The van der Waals surface area contributed by atoms with Crippen molar-refractivity contribution >= 4 is 29.8 Å². The number of aromatic nitrogens is 1. The van der Waals surface area contributed by atoms with Gasteiger partial charge in [0.15, 0.2) is 0 Å². The van der Waals surface area contributed by atoms with Crippen LogP contribution < -0.4 is 4.74 Å². The van der Waals surface area contributed by atoms with Crippen LogP contribution in [0.3, 0.4) is 0 Å². The average molecular weight is 531 g/mol. The molecule has 37 heavy (non-hydrogen) atoms. The van der Waals surface area contributed by atoms with E-state index in [-0.39, 0.29) is 0 Å². The van der Waals surface area contributed by atoms with E-state index in [1.54, 1.807) is 0 Å². The number of ether oxygens (including phenoxy) is 1. The lowest BCUT2D eigenvalue weighted by Crippen LogP contribution is -2.35. The van der Waals surface area contributed by atoms with Crippen molar-refractivity contribution in [3.05, 3.63) is 82.9 Å². The second-order valence-electron chi connectivity index (χ2n) is 10.0. The van der Waals surface area contributed by atoms with Crippen molar-refractivity contribution in [2.75, 3.05) is 34.3 Å². The summed E-state index contributed by atoms with van der Waals surface area (Å²) >= 11 is 6.36. The molecule has 9 heteroatoms. The number of quaternary nitrogens is 1. The van der Waals surface area contributed by atoms with E-state index in [0.29, 0.717) is 0 Å². The number of benzene rings is 3. The minimum absolute atomic E-state index is 0.731. The van der Waals surface area contributed by atoms with Gasteiger partial charge < -0.3 is 26.5 Å². The van der Waals surface area contributed by atoms with Crippen LogP contribution in [0, 0.1) is 0 Å². The third kappa shape index (κ3) is 7.02. The van der Waals surface area contributed by atoms with Crippen LogP contribution in [-0.2, 0) is 6.42 Å². The summed E-state index contributed by atoms with van der Waals surface area (Å²) in [6, 6.07) is 23.0. The zero-order valence-electron chi connectivity index (χ0n) is 20.9. The highest BCUT2D eigenvalue weighted by atomic mass is 35.5. The molecule has 4 aromatic rings. The van der Waals surface area contributed by atoms with Crippen LogP contribution in [0.1, 0.15) is 17.5 Å². The molecule has 1 aliphatic carbocycles. The minimum atomic E-state index is -6.00. The monoisotopic (exact) mass is 530 g/mol. The Hall–Kier alpha value is -3.10. The summed E-state index contributed by atoms with van der Waals surface area (Å²) in [6.07, 6.45) is 1.92. The summed E-state index contributed by atoms with van der Waals surface area (Å²) in [7, 11) is 0.613. The quantitative estimate of drug-likeness (QED) is 0.0963. The minimum Gasteiger partial charge on any atom is -0.493 e. The third-order valence-corrected chi connectivity index (χ3v) is 6.31. The Labute approximate surface area is 219 Å². The first-order valence-corrected chi connectivity index (χ1v) is 12.4. The predicted molar refractivity (Wildman–Crippen MR) is 144 cm³/mol. The molecule has 0 spiro atoms. The van der Waals surface area contributed by atoms with Crippen molar-refractivity contribution < 1.29 is 26.5 Å². The van der Waals surface area contributed by atoms with Crippen LogP contribution >= 0.6 is 11.6 Å². The van der Waals surface area contributed by atoms with Crippen LogP contribution in [0.25, 0.3) is 33.3 Å². The topological polar surface area (TPSA) is 22.1 Å². The molecule has 0 amide bonds. The largest absolute Gasteiger partial charge is 0.673 e. The standard InChI is InChI=1S/C28H28ClN2O.BF4/c1-31(2,3)15-6-16-32-22-12-9-19(10-13-22)28-25-17-20-7-4-5-8-23(20)27(25)24-18-21(29)11-14-26(24)30-28;2-1(3,4)5/h4-5,7-14,18H,6,15-17H2,1-3H3;/q+1;-1. The SMILES string of the molecule is C[N+](C)(C)CCCOc1ccc(-c2nc3ccc(Cl)cc3c3c2Cc2ccccc2-3)cc1.F[B-](F)(F)F. The Kier molecular flexibility index (Phi) is 7.81. The first-order chi connectivity index (χ1) is 17.4. The molecule has 194 valence electrons. The number of halogens is 5. The summed E-state index contributed by atoms with van der Waals surface area (Å²) < 4.78 is 45.9. The molecule has 3 nitrogen and oxygen atoms in total. The molecule has 0 unspecified atom stereocenters. The van der Waals surface area contributed by atoms with Gasteiger partial charge in [0.05, 0.1) is 45.5 Å². The highest BCUT2D eigenvalue weighted by molar-refractivity contribution is 6.50. The number of fused-ring (bicyclic) bond motifs is 5. The number of hydrogen-bond donors (Lipinski definition) is 0. The van der Waals surface area contributed by atoms with Gasteiger partial charge in [0, 0.05) is 28.8 Å². The zero-order valence-corrected chi connectivity index (χ0v) is 21.7. The van der Waals surface area contributed by atoms with E-state index in [1.807, 2.05) is 18.2 Å². The van der Waals surface area contributed by atoms with E-state index in [1.165, 1.54) is 22.3 Å². The fourth-order valence-corrected chi connectivity index (χ4v) is 4.71. The Morgan fingerprint density at radius 3 is 2.30 bits per heavy atom. The van der Waals surface area contributed by atoms with Crippen molar-refractivity contribution in [2.45, 2.75) is 12.8 Å². The molecular formula is C28H28BClF4N2O. The van der Waals surface area contributed by atoms with E-state index >= 15 is 0 Å². The van der Waals surface area contributed by atoms with Gasteiger partial charge in [-0.15, -0.1) is 0 Å². The molecule has 0 fully saturated rings. The van der Waals surface area contributed by atoms with Crippen LogP contribution in [0.2, 0.25) is 5.02 Å². The van der Waals surface area contributed by atoms with E-state index in [0.717, 1.165) is 63.4 Å². The summed E-state index contributed by atoms with van der Waals surface area (Å²) in [6.45, 7) is 1.82. The number of nitrogens with zero attached hydrogens (tertiary/aromatic N) is 2. The molecule has 0 saturated heterocycles. The van der Waals surface area contributed by atoms with Crippen molar-refractivity contribution in [2.24, 2.45) is 0 Å². The van der Waals surface area contributed by atoms with Crippen molar-refractivity contribution in [3.8, 4) is 28.1 Å². The fraction of sp³-hybridized carbons (Fsp3) is 0.250. The Morgan fingerprint density at radius 1 is 0.946 bits per heavy atom. The Morgan fingerprint density at radius 2 is 1.62 bits per heavy atom. The number of pyridine rings is 1. The van der Waals surface area contributed by atoms with Crippen LogP contribution in [0.5, 0.6) is 5.75 Å². The summed E-state index contributed by atoms with van der Waals surface area (Å²) in [5.41, 5.74) is 8.31. The highest BCUT2D eigenvalue weighted by Crippen LogP contribution is 2.45. The van der Waals surface area contributed by atoms with Crippen molar-refractivity contribution in [1.29, 1.82) is 0 Å². The van der Waals surface area contributed by atoms with Gasteiger partial charge in [-0.2, -0.15) is 0 Å². The smallest absolute Gasteiger partial charge is 0.493 e. The van der Waals surface area contributed by atoms with Gasteiger partial charge in [0.2, 0.25) is 0 Å². The predicted octanol–water partition coefficient (Wildman–Crippen LogP) is 7.90. The van der Waals surface area contributed by atoms with E-state index < -0.39 is 7.25 Å². The lowest BCUT2D eigenvalue weighted by atomic mass is 9.97. The Balaban J connectivity index is 0.000000586. The van der Waals surface area contributed by atoms with Gasteiger partial charge in [-0.3, -0.25) is 0 Å². The zero-order chi connectivity index (χ0) is 26.8. The second kappa shape index (κ2) is 10.7. The molecule has 0 N–H and O–H groups in total. The molecular weight excluding hydrogens is 503 g/mol. The maximum Gasteiger partial charge on any atom is 0.673 e. The Bertz CT molecular complexity index is 1400. The lowest BCUT2D eigenvalue weighted by Gasteiger charge is -2.23. The first kappa shape index (κ1) is 27.0. The molecule has 3 aromatic carbocycles. The molecule has 5 rings (SSSR count). The van der Waals surface area contributed by atoms with Gasteiger partial charge >= 0.3 is 7.25 Å². The van der Waals surface area contributed by atoms with Crippen LogP contribution in [0.4, 0.5) is 17.3 Å². The van der Waals surface area contributed by atoms with E-state index in [9.17, 15) is 17.3 Å². The van der Waals surface area contributed by atoms with Gasteiger partial charge in [0.1, 0.15) is 5.75 Å². The fourth-order valence-electron chi connectivity index (χ4n) is 4.54. The van der Waals surface area contributed by atoms with Gasteiger partial charge in [0.25, 0.3) is 0 Å². The second-order valence-corrected chi connectivity index (χ2v) is 10.5. The molecule has 0 aliphatic heterocycles. The molecule has 0 saturated carbocycles. The lowest BCUT2D eigenvalue weighted by molar-refractivity contribution is -0.870. The van der Waals surface area contributed by atoms with Gasteiger partial charge in [-0.05, 0) is 64.7 Å². The average Bonchev–Trinajstić information content (AvgIpc) is 3.20. The normalized spacial score (nSPS) is 12.5. The third-order valence-electron chi connectivity index (χ3n) is 6.07. The highest BCUT2D eigenvalue weighted by Gasteiger charge is 2.25. The molecule has 1 aromatic heterocycles. The summed E-state index contributed by atoms with van der Waals surface area (Å²) in [4.78, 5) is 5.07.